The van der Waals surface area contributed by atoms with Gasteiger partial charge >= 0.3 is 0 Å². The Morgan fingerprint density at radius 1 is 1.54 bits per heavy atom. The monoisotopic (exact) mass is 190 g/mol. The smallest absolute Gasteiger partial charge is 0.266 e. The Kier molecular flexibility index (Phi) is 1.87. The lowest BCUT2D eigenvalue weighted by atomic mass is 10.1. The van der Waals surface area contributed by atoms with E-state index >= 15 is 0 Å². The van der Waals surface area contributed by atoms with Crippen molar-refractivity contribution in [1.82, 2.24) is 4.98 Å². The molecule has 0 unspecified atom stereocenters. The number of H-pyrrole nitrogens is 1. The molecule has 3 nitrogen and oxygen atoms in total. The van der Waals surface area contributed by atoms with E-state index in [1.54, 1.807) is 0 Å². The van der Waals surface area contributed by atoms with Gasteiger partial charge in [0.2, 0.25) is 0 Å². The van der Waals surface area contributed by atoms with Crippen molar-refractivity contribution in [1.29, 1.82) is 5.26 Å². The average molecular weight is 190 g/mol. The summed E-state index contributed by atoms with van der Waals surface area (Å²) in [4.78, 5) is 3.26. The number of benzene rings is 1. The van der Waals surface area contributed by atoms with Crippen LogP contribution in [0.5, 0.6) is 0 Å². The quantitative estimate of drug-likeness (QED) is 0.703. The molecule has 0 fully saturated rings. The lowest BCUT2D eigenvalue weighted by Crippen LogP contribution is -1.79. The molecular formula is C9H6N2OS. The zero-order chi connectivity index (χ0) is 9.26. The first kappa shape index (κ1) is 8.02. The summed E-state index contributed by atoms with van der Waals surface area (Å²) in [5, 5.41) is 8.49. The van der Waals surface area contributed by atoms with E-state index in [2.05, 4.69) is 11.1 Å². The molecule has 0 aliphatic heterocycles. The molecule has 0 bridgehead atoms. The molecule has 2 aromatic rings. The largest absolute Gasteiger partial charge is 0.429 e. The fourth-order valence-corrected chi connectivity index (χ4v) is 1.39. The molecule has 1 aromatic heterocycles. The van der Waals surface area contributed by atoms with Gasteiger partial charge in [0.05, 0.1) is 18.0 Å². The second-order valence-corrected chi connectivity index (χ2v) is 3.05. The maximum absolute atomic E-state index is 8.49. The summed E-state index contributed by atoms with van der Waals surface area (Å²) in [7, 11) is 0. The first-order valence-corrected chi connectivity index (χ1v) is 4.19. The van der Waals surface area contributed by atoms with Crippen LogP contribution >= 0.6 is 12.2 Å². The molecule has 2 rings (SSSR count). The van der Waals surface area contributed by atoms with Gasteiger partial charge in [-0.05, 0) is 29.9 Å². The van der Waals surface area contributed by atoms with Crippen LogP contribution < -0.4 is 0 Å². The first-order valence-electron chi connectivity index (χ1n) is 3.78. The van der Waals surface area contributed by atoms with E-state index < -0.39 is 0 Å². The number of nitrogens with zero attached hydrogens (tertiary/aromatic N) is 1. The van der Waals surface area contributed by atoms with Gasteiger partial charge in [0.25, 0.3) is 4.84 Å². The summed E-state index contributed by atoms with van der Waals surface area (Å²) >= 11 is 4.83. The normalized spacial score (nSPS) is 10.1. The van der Waals surface area contributed by atoms with Gasteiger partial charge in [0.1, 0.15) is 0 Å². The Hall–Kier alpha value is -1.60. The Labute approximate surface area is 79.6 Å². The van der Waals surface area contributed by atoms with Gasteiger partial charge in [-0.25, -0.2) is 0 Å². The van der Waals surface area contributed by atoms with Crippen LogP contribution in [0.2, 0.25) is 0 Å². The third-order valence-electron chi connectivity index (χ3n) is 1.77. The summed E-state index contributed by atoms with van der Waals surface area (Å²) in [6.45, 7) is 0. The number of hydrogen-bond acceptors (Lipinski definition) is 3. The standard InChI is InChI=1S/C9H6N2OS/c10-4-3-6-1-2-7-8(5-6)12-9(13)11-7/h1-2,5H,3H2,(H,11,13). The third-order valence-corrected chi connectivity index (χ3v) is 1.95. The highest BCUT2D eigenvalue weighted by atomic mass is 32.1. The summed E-state index contributed by atoms with van der Waals surface area (Å²) in [6.07, 6.45) is 0.392. The molecule has 0 aliphatic carbocycles. The predicted octanol–water partition coefficient (Wildman–Crippen LogP) is 2.56. The minimum absolute atomic E-state index is 0.365. The van der Waals surface area contributed by atoms with Gasteiger partial charge in [-0.3, -0.25) is 0 Å². The number of nitrogens with one attached hydrogen (secondary N) is 1. The number of rotatable bonds is 1. The topological polar surface area (TPSA) is 52.7 Å². The number of nitriles is 1. The minimum Gasteiger partial charge on any atom is -0.429 e. The van der Waals surface area contributed by atoms with E-state index in [1.807, 2.05) is 18.2 Å². The summed E-state index contributed by atoms with van der Waals surface area (Å²) in [6, 6.07) is 7.65. The molecule has 1 N–H and O–H groups in total. The lowest BCUT2D eigenvalue weighted by molar-refractivity contribution is 0.583. The van der Waals surface area contributed by atoms with Crippen LogP contribution in [0.1, 0.15) is 5.56 Å². The maximum atomic E-state index is 8.49. The molecule has 1 aromatic carbocycles. The molecule has 64 valence electrons. The molecular weight excluding hydrogens is 184 g/mol. The molecule has 0 amide bonds. The van der Waals surface area contributed by atoms with Crippen molar-refractivity contribution >= 4 is 23.3 Å². The second-order valence-electron chi connectivity index (χ2n) is 2.68. The van der Waals surface area contributed by atoms with Crippen LogP contribution in [0.3, 0.4) is 0 Å². The van der Waals surface area contributed by atoms with Crippen molar-refractivity contribution in [3.05, 3.63) is 28.6 Å². The van der Waals surface area contributed by atoms with Crippen LogP contribution in [-0.4, -0.2) is 4.98 Å². The SMILES string of the molecule is N#CCc1ccc2[nH]c(=S)oc2c1. The molecule has 13 heavy (non-hydrogen) atoms. The third kappa shape index (κ3) is 1.46. The molecule has 1 heterocycles. The van der Waals surface area contributed by atoms with E-state index in [1.165, 1.54) is 0 Å². The summed E-state index contributed by atoms with van der Waals surface area (Å²) in [5.41, 5.74) is 2.51. The van der Waals surface area contributed by atoms with Crippen LogP contribution in [0.4, 0.5) is 0 Å². The molecule has 0 aliphatic rings. The molecule has 4 heteroatoms. The van der Waals surface area contributed by atoms with E-state index in [4.69, 9.17) is 21.9 Å². The van der Waals surface area contributed by atoms with Crippen LogP contribution in [0, 0.1) is 16.2 Å². The Balaban J connectivity index is 2.62. The number of aromatic amines is 1. The molecule has 0 spiro atoms. The summed E-state index contributed by atoms with van der Waals surface area (Å²) < 4.78 is 5.20. The van der Waals surface area contributed by atoms with Crippen molar-refractivity contribution in [3.8, 4) is 6.07 Å². The first-order chi connectivity index (χ1) is 6.29. The highest BCUT2D eigenvalue weighted by Crippen LogP contribution is 2.15. The fraction of sp³-hybridized carbons (Fsp3) is 0.111. The Morgan fingerprint density at radius 2 is 2.38 bits per heavy atom. The average Bonchev–Trinajstić information content (AvgIpc) is 2.44. The van der Waals surface area contributed by atoms with Crippen molar-refractivity contribution in [2.75, 3.05) is 0 Å². The van der Waals surface area contributed by atoms with Crippen molar-refractivity contribution in [2.24, 2.45) is 0 Å². The Morgan fingerprint density at radius 3 is 3.15 bits per heavy atom. The molecule has 0 saturated heterocycles. The van der Waals surface area contributed by atoms with Crippen LogP contribution in [-0.2, 0) is 6.42 Å². The highest BCUT2D eigenvalue weighted by Gasteiger charge is 1.99. The summed E-state index contributed by atoms with van der Waals surface area (Å²) in [5.74, 6) is 0. The van der Waals surface area contributed by atoms with E-state index in [0.29, 0.717) is 16.8 Å². The van der Waals surface area contributed by atoms with Gasteiger partial charge in [-0.2, -0.15) is 5.26 Å². The van der Waals surface area contributed by atoms with E-state index in [-0.39, 0.29) is 0 Å². The minimum atomic E-state index is 0.365. The number of oxazole rings is 1. The van der Waals surface area contributed by atoms with E-state index in [0.717, 1.165) is 11.1 Å². The van der Waals surface area contributed by atoms with Gasteiger partial charge < -0.3 is 9.40 Å². The van der Waals surface area contributed by atoms with Gasteiger partial charge in [0.15, 0.2) is 5.58 Å². The molecule has 0 radical (unpaired) electrons. The number of fused-ring (bicyclic) bond motifs is 1. The van der Waals surface area contributed by atoms with Crippen LogP contribution in [0.15, 0.2) is 22.6 Å². The zero-order valence-corrected chi connectivity index (χ0v) is 7.52. The lowest BCUT2D eigenvalue weighted by Gasteiger charge is -1.91. The highest BCUT2D eigenvalue weighted by molar-refractivity contribution is 7.71. The number of aromatic nitrogens is 1. The maximum Gasteiger partial charge on any atom is 0.266 e. The van der Waals surface area contributed by atoms with Crippen molar-refractivity contribution in [2.45, 2.75) is 6.42 Å². The van der Waals surface area contributed by atoms with Gasteiger partial charge in [0, 0.05) is 0 Å². The zero-order valence-electron chi connectivity index (χ0n) is 6.70. The van der Waals surface area contributed by atoms with Crippen molar-refractivity contribution in [3.63, 3.8) is 0 Å². The van der Waals surface area contributed by atoms with Crippen LogP contribution in [0.25, 0.3) is 11.1 Å². The second kappa shape index (κ2) is 3.04. The van der Waals surface area contributed by atoms with Gasteiger partial charge in [-0.1, -0.05) is 6.07 Å². The predicted molar refractivity (Wildman–Crippen MR) is 50.7 cm³/mol. The van der Waals surface area contributed by atoms with Gasteiger partial charge in [-0.15, -0.1) is 0 Å². The van der Waals surface area contributed by atoms with E-state index in [9.17, 15) is 0 Å². The Bertz CT molecular complexity index is 532. The molecule has 0 saturated carbocycles. The van der Waals surface area contributed by atoms with Crippen molar-refractivity contribution < 1.29 is 4.42 Å². The number of hydrogen-bond donors (Lipinski definition) is 1. The molecule has 0 atom stereocenters. The fourth-order valence-electron chi connectivity index (χ4n) is 1.19.